The van der Waals surface area contributed by atoms with Crippen LogP contribution in [0.4, 0.5) is 0 Å². The third-order valence-corrected chi connectivity index (χ3v) is 18.9. The molecule has 2 atom stereocenters. The molecule has 0 amide bonds. The Kier molecular flexibility index (Phi) is 12.1. The van der Waals surface area contributed by atoms with E-state index in [0.29, 0.717) is 0 Å². The number of methoxy groups -OCH3 is 2. The van der Waals surface area contributed by atoms with Gasteiger partial charge in [-0.2, -0.15) is 0 Å². The van der Waals surface area contributed by atoms with Gasteiger partial charge in [-0.15, -0.1) is 0 Å². The van der Waals surface area contributed by atoms with Gasteiger partial charge < -0.3 is 0 Å². The van der Waals surface area contributed by atoms with Crippen molar-refractivity contribution in [1.29, 1.82) is 0 Å². The van der Waals surface area contributed by atoms with Crippen LogP contribution >= 0.6 is 0 Å². The number of rotatable bonds is 15. The molecule has 0 aliphatic heterocycles. The van der Waals surface area contributed by atoms with Crippen molar-refractivity contribution in [2.24, 2.45) is 17.3 Å². The van der Waals surface area contributed by atoms with Crippen LogP contribution in [0, 0.1) is 17.3 Å². The van der Waals surface area contributed by atoms with Crippen molar-refractivity contribution in [2.75, 3.05) is 27.4 Å². The summed E-state index contributed by atoms with van der Waals surface area (Å²) in [6, 6.07) is 0. The van der Waals surface area contributed by atoms with Crippen LogP contribution in [0.1, 0.15) is 79.1 Å². The normalized spacial score (nSPS) is 22.8. The Hall–Kier alpha value is 0.463. The molecule has 0 N–H and O–H groups in total. The van der Waals surface area contributed by atoms with Gasteiger partial charge in [0, 0.05) is 0 Å². The molecule has 1 fully saturated rings. The summed E-state index contributed by atoms with van der Waals surface area (Å²) in [6.45, 7) is 11.4. The van der Waals surface area contributed by atoms with Crippen molar-refractivity contribution >= 4 is 13.3 Å². The van der Waals surface area contributed by atoms with Gasteiger partial charge in [0.1, 0.15) is 0 Å². The van der Waals surface area contributed by atoms with Crippen LogP contribution in [0.15, 0.2) is 0 Å². The van der Waals surface area contributed by atoms with E-state index in [4.69, 9.17) is 9.47 Å². The second-order valence-electron chi connectivity index (χ2n) is 9.53. The second kappa shape index (κ2) is 12.8. The van der Waals surface area contributed by atoms with Crippen molar-refractivity contribution in [2.45, 2.75) is 100 Å². The molecular formula is C23H48GeO2. The fourth-order valence-corrected chi connectivity index (χ4v) is 19.0. The maximum atomic E-state index is 5.64. The van der Waals surface area contributed by atoms with E-state index < -0.39 is 13.3 Å². The van der Waals surface area contributed by atoms with Crippen LogP contribution in [0.5, 0.6) is 0 Å². The summed E-state index contributed by atoms with van der Waals surface area (Å²) in [5.41, 5.74) is 0.280. The molecule has 0 aromatic heterocycles. The summed E-state index contributed by atoms with van der Waals surface area (Å²) in [7, 11) is 3.72. The standard InChI is InChI=1S/C23H48GeO2/c1-7-10-13-24(14-11-8-2,15-12-9-3)18-22-17-23(19-25-5,20-26-6)16-21(22)4/h21-22H,7-20H2,1-6H3. The average molecular weight is 429 g/mol. The van der Waals surface area contributed by atoms with Gasteiger partial charge in [0.15, 0.2) is 0 Å². The van der Waals surface area contributed by atoms with Gasteiger partial charge in [-0.3, -0.25) is 0 Å². The topological polar surface area (TPSA) is 18.5 Å². The van der Waals surface area contributed by atoms with E-state index in [1.807, 2.05) is 14.2 Å². The van der Waals surface area contributed by atoms with E-state index in [-0.39, 0.29) is 5.41 Å². The number of ether oxygens (including phenoxy) is 2. The number of hydrogen-bond acceptors (Lipinski definition) is 2. The number of unbranched alkanes of at least 4 members (excludes halogenated alkanes) is 3. The van der Waals surface area contributed by atoms with Crippen LogP contribution in [0.3, 0.4) is 0 Å². The monoisotopic (exact) mass is 430 g/mol. The first-order valence-corrected chi connectivity index (χ1v) is 17.4. The molecule has 0 heterocycles. The van der Waals surface area contributed by atoms with Gasteiger partial charge in [-0.25, -0.2) is 0 Å². The van der Waals surface area contributed by atoms with E-state index in [1.165, 1.54) is 51.4 Å². The van der Waals surface area contributed by atoms with E-state index in [2.05, 4.69) is 27.7 Å². The summed E-state index contributed by atoms with van der Waals surface area (Å²) in [5.74, 6) is 1.76. The van der Waals surface area contributed by atoms with E-state index in [0.717, 1.165) is 25.0 Å². The third-order valence-electron chi connectivity index (χ3n) is 7.03. The van der Waals surface area contributed by atoms with Crippen molar-refractivity contribution in [3.63, 3.8) is 0 Å². The van der Waals surface area contributed by atoms with Crippen LogP contribution in [-0.2, 0) is 9.47 Å². The summed E-state index contributed by atoms with van der Waals surface area (Å²) >= 11 is -1.76. The van der Waals surface area contributed by atoms with Gasteiger partial charge in [-0.1, -0.05) is 0 Å². The van der Waals surface area contributed by atoms with Crippen molar-refractivity contribution < 1.29 is 9.47 Å². The van der Waals surface area contributed by atoms with Crippen LogP contribution in [0.2, 0.25) is 21.0 Å². The van der Waals surface area contributed by atoms with Gasteiger partial charge in [0.2, 0.25) is 0 Å². The average Bonchev–Trinajstić information content (AvgIpc) is 2.91. The summed E-state index contributed by atoms with van der Waals surface area (Å²) in [6.07, 6.45) is 11.2. The van der Waals surface area contributed by atoms with Gasteiger partial charge in [-0.05, 0) is 0 Å². The molecule has 0 aromatic rings. The Morgan fingerprint density at radius 1 is 0.808 bits per heavy atom. The summed E-state index contributed by atoms with van der Waals surface area (Å²) < 4.78 is 11.3. The molecule has 1 saturated carbocycles. The molecule has 2 unspecified atom stereocenters. The zero-order chi connectivity index (χ0) is 19.5. The fourth-order valence-electron chi connectivity index (χ4n) is 5.75. The van der Waals surface area contributed by atoms with Crippen molar-refractivity contribution in [3.8, 4) is 0 Å². The molecule has 1 aliphatic rings. The van der Waals surface area contributed by atoms with Crippen LogP contribution < -0.4 is 0 Å². The van der Waals surface area contributed by atoms with E-state index >= 15 is 0 Å². The molecule has 0 radical (unpaired) electrons. The molecule has 0 bridgehead atoms. The Morgan fingerprint density at radius 3 is 1.65 bits per heavy atom. The van der Waals surface area contributed by atoms with Crippen molar-refractivity contribution in [3.05, 3.63) is 0 Å². The van der Waals surface area contributed by atoms with Gasteiger partial charge in [0.05, 0.1) is 0 Å². The Morgan fingerprint density at radius 2 is 1.27 bits per heavy atom. The van der Waals surface area contributed by atoms with Crippen LogP contribution in [0.25, 0.3) is 0 Å². The Balaban J connectivity index is 2.92. The first-order chi connectivity index (χ1) is 12.5. The van der Waals surface area contributed by atoms with Gasteiger partial charge in [0.25, 0.3) is 0 Å². The molecule has 1 aliphatic carbocycles. The molecule has 0 aromatic carbocycles. The third kappa shape index (κ3) is 7.47. The quantitative estimate of drug-likeness (QED) is 0.257. The molecule has 3 heteroatoms. The molecule has 26 heavy (non-hydrogen) atoms. The fraction of sp³-hybridized carbons (Fsp3) is 1.00. The van der Waals surface area contributed by atoms with E-state index in [1.54, 1.807) is 21.0 Å². The predicted molar refractivity (Wildman–Crippen MR) is 118 cm³/mol. The minimum atomic E-state index is -1.76. The molecule has 2 nitrogen and oxygen atoms in total. The Labute approximate surface area is 167 Å². The van der Waals surface area contributed by atoms with Gasteiger partial charge >= 0.3 is 167 Å². The molecule has 1 rings (SSSR count). The van der Waals surface area contributed by atoms with E-state index in [9.17, 15) is 0 Å². The maximum absolute atomic E-state index is 5.64. The first kappa shape index (κ1) is 24.5. The molecule has 0 spiro atoms. The zero-order valence-electron chi connectivity index (χ0n) is 18.9. The first-order valence-electron chi connectivity index (χ1n) is 11.5. The molecule has 156 valence electrons. The molecular weight excluding hydrogens is 381 g/mol. The second-order valence-corrected chi connectivity index (χ2v) is 19.8. The predicted octanol–water partition coefficient (Wildman–Crippen LogP) is 7.16. The minimum absolute atomic E-state index is 0.280. The van der Waals surface area contributed by atoms with Crippen molar-refractivity contribution in [1.82, 2.24) is 0 Å². The van der Waals surface area contributed by atoms with Crippen LogP contribution in [-0.4, -0.2) is 40.7 Å². The SMILES string of the molecule is CCC[CH2][Ge]([CH2]CCC)([CH2]CCC)[CH2]C1CC(COC)(COC)CC1C. The number of hydrogen-bond donors (Lipinski definition) is 0. The zero-order valence-corrected chi connectivity index (χ0v) is 21.0. The summed E-state index contributed by atoms with van der Waals surface area (Å²) in [5, 5.41) is 6.50. The summed E-state index contributed by atoms with van der Waals surface area (Å²) in [4.78, 5) is 0. The molecule has 0 saturated heterocycles. The Bertz CT molecular complexity index is 330.